The van der Waals surface area contributed by atoms with Crippen LogP contribution in [0.2, 0.25) is 0 Å². The molecule has 0 unspecified atom stereocenters. The van der Waals surface area contributed by atoms with Crippen LogP contribution in [0.25, 0.3) is 0 Å². The van der Waals surface area contributed by atoms with Crippen LogP contribution in [0, 0.1) is 5.41 Å². The molecule has 13 heavy (non-hydrogen) atoms. The molecular formula is C9H20N2O2. The van der Waals surface area contributed by atoms with Crippen LogP contribution in [0.3, 0.4) is 0 Å². The molecule has 0 spiro atoms. The summed E-state index contributed by atoms with van der Waals surface area (Å²) in [5, 5.41) is 6.98. The van der Waals surface area contributed by atoms with Crippen LogP contribution in [0.1, 0.15) is 26.2 Å². The molecule has 0 amide bonds. The quantitative estimate of drug-likeness (QED) is 0.324. The lowest BCUT2D eigenvalue weighted by Gasteiger charge is -2.03. The normalized spacial score (nSPS) is 10.2. The van der Waals surface area contributed by atoms with Gasteiger partial charge in [-0.1, -0.05) is 0 Å². The van der Waals surface area contributed by atoms with Gasteiger partial charge < -0.3 is 15.2 Å². The van der Waals surface area contributed by atoms with Crippen molar-refractivity contribution in [3.05, 3.63) is 0 Å². The molecule has 3 N–H and O–H groups in total. The fourth-order valence-electron chi connectivity index (χ4n) is 0.884. The fraction of sp³-hybridized carbons (Fsp3) is 0.889. The number of amidine groups is 1. The molecule has 0 aliphatic rings. The first-order valence-corrected chi connectivity index (χ1v) is 4.75. The number of rotatable bonds is 9. The van der Waals surface area contributed by atoms with E-state index in [1.807, 2.05) is 6.92 Å². The molecule has 4 nitrogen and oxygen atoms in total. The Kier molecular flexibility index (Phi) is 9.03. The highest BCUT2D eigenvalue weighted by atomic mass is 16.5. The van der Waals surface area contributed by atoms with Gasteiger partial charge in [0.15, 0.2) is 0 Å². The molecule has 0 aromatic rings. The van der Waals surface area contributed by atoms with Gasteiger partial charge in [0.1, 0.15) is 0 Å². The molecule has 0 fully saturated rings. The number of nitrogens with two attached hydrogens (primary N) is 1. The number of nitrogens with one attached hydrogen (secondary N) is 1. The summed E-state index contributed by atoms with van der Waals surface area (Å²) in [5.41, 5.74) is 5.20. The fourth-order valence-corrected chi connectivity index (χ4v) is 0.884. The lowest BCUT2D eigenvalue weighted by Crippen LogP contribution is -2.09. The summed E-state index contributed by atoms with van der Waals surface area (Å²) < 4.78 is 10.4. The summed E-state index contributed by atoms with van der Waals surface area (Å²) in [6.45, 7) is 4.78. The summed E-state index contributed by atoms with van der Waals surface area (Å²) in [6, 6.07) is 0. The highest BCUT2D eigenvalue weighted by Crippen LogP contribution is 1.94. The van der Waals surface area contributed by atoms with E-state index in [0.717, 1.165) is 26.1 Å². The van der Waals surface area contributed by atoms with Crippen LogP contribution in [0.4, 0.5) is 0 Å². The van der Waals surface area contributed by atoms with Crippen molar-refractivity contribution in [2.45, 2.75) is 26.2 Å². The van der Waals surface area contributed by atoms with Gasteiger partial charge in [-0.2, -0.15) is 0 Å². The smallest absolute Gasteiger partial charge is 0.0905 e. The zero-order valence-corrected chi connectivity index (χ0v) is 8.34. The van der Waals surface area contributed by atoms with E-state index in [9.17, 15) is 0 Å². The standard InChI is InChI=1S/C9H20N2O2/c1-2-12-7-8-13-6-4-3-5-9(10)11/h2-8H2,1H3,(H3,10,11). The lowest BCUT2D eigenvalue weighted by molar-refractivity contribution is 0.0515. The molecule has 0 bridgehead atoms. The first kappa shape index (κ1) is 12.4. The SMILES string of the molecule is CCOCCOCCCCC(=N)N. The van der Waals surface area contributed by atoms with Gasteiger partial charge in [0, 0.05) is 19.6 Å². The first-order chi connectivity index (χ1) is 6.27. The predicted molar refractivity (Wildman–Crippen MR) is 53.1 cm³/mol. The molecule has 0 saturated carbocycles. The zero-order valence-electron chi connectivity index (χ0n) is 8.34. The molecule has 0 saturated heterocycles. The summed E-state index contributed by atoms with van der Waals surface area (Å²) in [7, 11) is 0. The Morgan fingerprint density at radius 2 is 1.85 bits per heavy atom. The molecular weight excluding hydrogens is 168 g/mol. The van der Waals surface area contributed by atoms with Crippen LogP contribution in [-0.2, 0) is 9.47 Å². The van der Waals surface area contributed by atoms with Crippen molar-refractivity contribution in [1.29, 1.82) is 5.41 Å². The van der Waals surface area contributed by atoms with Gasteiger partial charge in [0.2, 0.25) is 0 Å². The van der Waals surface area contributed by atoms with E-state index in [1.165, 1.54) is 0 Å². The Morgan fingerprint density at radius 3 is 2.46 bits per heavy atom. The van der Waals surface area contributed by atoms with Crippen molar-refractivity contribution in [2.75, 3.05) is 26.4 Å². The van der Waals surface area contributed by atoms with Gasteiger partial charge in [-0.3, -0.25) is 5.41 Å². The van der Waals surface area contributed by atoms with E-state index < -0.39 is 0 Å². The summed E-state index contributed by atoms with van der Waals surface area (Å²) in [6.07, 6.45) is 2.57. The van der Waals surface area contributed by atoms with E-state index in [0.29, 0.717) is 19.6 Å². The van der Waals surface area contributed by atoms with Crippen molar-refractivity contribution in [1.82, 2.24) is 0 Å². The highest BCUT2D eigenvalue weighted by molar-refractivity contribution is 5.76. The Morgan fingerprint density at radius 1 is 1.15 bits per heavy atom. The second kappa shape index (κ2) is 9.48. The molecule has 0 aliphatic heterocycles. The average Bonchev–Trinajstić information content (AvgIpc) is 2.09. The van der Waals surface area contributed by atoms with E-state index in [2.05, 4.69) is 0 Å². The lowest BCUT2D eigenvalue weighted by atomic mass is 10.2. The van der Waals surface area contributed by atoms with Gasteiger partial charge in [0.25, 0.3) is 0 Å². The molecule has 78 valence electrons. The molecule has 0 rings (SSSR count). The third-order valence-electron chi connectivity index (χ3n) is 1.56. The summed E-state index contributed by atoms with van der Waals surface area (Å²) in [5.74, 6) is 0.259. The molecule has 0 heterocycles. The molecule has 0 aliphatic carbocycles. The Balaban J connectivity index is 2.87. The molecule has 0 aromatic carbocycles. The maximum atomic E-state index is 6.98. The second-order valence-corrected chi connectivity index (χ2v) is 2.79. The maximum Gasteiger partial charge on any atom is 0.0905 e. The van der Waals surface area contributed by atoms with Crippen LogP contribution in [-0.4, -0.2) is 32.3 Å². The Hall–Kier alpha value is -0.610. The summed E-state index contributed by atoms with van der Waals surface area (Å²) in [4.78, 5) is 0. The third-order valence-corrected chi connectivity index (χ3v) is 1.56. The molecule has 0 aromatic heterocycles. The molecule has 0 radical (unpaired) electrons. The first-order valence-electron chi connectivity index (χ1n) is 4.75. The number of ether oxygens (including phenoxy) is 2. The van der Waals surface area contributed by atoms with Crippen molar-refractivity contribution >= 4 is 5.84 Å². The highest BCUT2D eigenvalue weighted by Gasteiger charge is 1.92. The third kappa shape index (κ3) is 11.4. The predicted octanol–water partition coefficient (Wildman–Crippen LogP) is 1.15. The van der Waals surface area contributed by atoms with Gasteiger partial charge in [-0.05, 0) is 19.8 Å². The van der Waals surface area contributed by atoms with E-state index in [-0.39, 0.29) is 5.84 Å². The minimum absolute atomic E-state index is 0.259. The minimum Gasteiger partial charge on any atom is -0.388 e. The average molecular weight is 188 g/mol. The number of hydrogen-bond acceptors (Lipinski definition) is 3. The van der Waals surface area contributed by atoms with Gasteiger partial charge >= 0.3 is 0 Å². The van der Waals surface area contributed by atoms with Crippen molar-refractivity contribution < 1.29 is 9.47 Å². The largest absolute Gasteiger partial charge is 0.388 e. The van der Waals surface area contributed by atoms with E-state index in [1.54, 1.807) is 0 Å². The van der Waals surface area contributed by atoms with Crippen LogP contribution in [0.15, 0.2) is 0 Å². The van der Waals surface area contributed by atoms with E-state index in [4.69, 9.17) is 20.6 Å². The number of hydrogen-bond donors (Lipinski definition) is 2. The second-order valence-electron chi connectivity index (χ2n) is 2.79. The van der Waals surface area contributed by atoms with Crippen molar-refractivity contribution in [2.24, 2.45) is 5.73 Å². The molecule has 4 heteroatoms. The number of unbranched alkanes of at least 4 members (excludes halogenated alkanes) is 1. The Labute approximate surface area is 79.9 Å². The Bertz CT molecular complexity index is 129. The van der Waals surface area contributed by atoms with Gasteiger partial charge in [0.05, 0.1) is 19.0 Å². The monoisotopic (exact) mass is 188 g/mol. The van der Waals surface area contributed by atoms with Gasteiger partial charge in [-0.25, -0.2) is 0 Å². The minimum atomic E-state index is 0.259. The van der Waals surface area contributed by atoms with E-state index >= 15 is 0 Å². The van der Waals surface area contributed by atoms with Crippen molar-refractivity contribution in [3.8, 4) is 0 Å². The zero-order chi connectivity index (χ0) is 9.94. The van der Waals surface area contributed by atoms with Gasteiger partial charge in [-0.15, -0.1) is 0 Å². The maximum absolute atomic E-state index is 6.98. The van der Waals surface area contributed by atoms with Crippen LogP contribution in [0.5, 0.6) is 0 Å². The van der Waals surface area contributed by atoms with Crippen molar-refractivity contribution in [3.63, 3.8) is 0 Å². The topological polar surface area (TPSA) is 68.3 Å². The van der Waals surface area contributed by atoms with Crippen LogP contribution >= 0.6 is 0 Å². The molecule has 0 atom stereocenters. The van der Waals surface area contributed by atoms with Crippen LogP contribution < -0.4 is 5.73 Å². The summed E-state index contributed by atoms with van der Waals surface area (Å²) >= 11 is 0.